The quantitative estimate of drug-likeness (QED) is 0.474. The van der Waals surface area contributed by atoms with Crippen LogP contribution in [-0.4, -0.2) is 52.4 Å². The Morgan fingerprint density at radius 3 is 2.32 bits per heavy atom. The summed E-state index contributed by atoms with van der Waals surface area (Å²) in [6, 6.07) is 8.43. The smallest absolute Gasteiger partial charge is 0.270 e. The standard InChI is InChI=1S/C24H24FN5O2S2/c1-4-30-23(32)20(34-24(30)33)13-18-15(2)19(14-26)22(31)27(3)21(18)29-11-9-28(10-12-29)17-7-5-16(25)6-8-17/h5-8,13H,4,9-12H2,1-3H3/b20-13+. The number of likely N-dealkylation sites (N-methyl/N-ethyl adjacent to an activating group) is 1. The monoisotopic (exact) mass is 497 g/mol. The largest absolute Gasteiger partial charge is 0.368 e. The van der Waals surface area contributed by atoms with Gasteiger partial charge in [0.15, 0.2) is 0 Å². The molecule has 0 unspecified atom stereocenters. The number of anilines is 2. The zero-order valence-electron chi connectivity index (χ0n) is 19.2. The Bertz CT molecular complexity index is 1290. The van der Waals surface area contributed by atoms with Gasteiger partial charge in [0.2, 0.25) is 0 Å². The van der Waals surface area contributed by atoms with Crippen LogP contribution in [0.2, 0.25) is 0 Å². The predicted octanol–water partition coefficient (Wildman–Crippen LogP) is 3.25. The van der Waals surface area contributed by atoms with Gasteiger partial charge in [0.1, 0.15) is 27.6 Å². The van der Waals surface area contributed by atoms with Gasteiger partial charge in [-0.15, -0.1) is 0 Å². The van der Waals surface area contributed by atoms with Crippen LogP contribution in [-0.2, 0) is 11.8 Å². The molecule has 2 aromatic rings. The van der Waals surface area contributed by atoms with E-state index < -0.39 is 0 Å². The Morgan fingerprint density at radius 2 is 1.76 bits per heavy atom. The summed E-state index contributed by atoms with van der Waals surface area (Å²) in [5.74, 6) is 0.224. The lowest BCUT2D eigenvalue weighted by Gasteiger charge is -2.38. The van der Waals surface area contributed by atoms with E-state index in [9.17, 15) is 19.2 Å². The van der Waals surface area contributed by atoms with Crippen molar-refractivity contribution in [1.82, 2.24) is 9.47 Å². The predicted molar refractivity (Wildman–Crippen MR) is 138 cm³/mol. The fourth-order valence-corrected chi connectivity index (χ4v) is 5.69. The van der Waals surface area contributed by atoms with Gasteiger partial charge >= 0.3 is 0 Å². The minimum absolute atomic E-state index is 0.0634. The molecule has 0 N–H and O–H groups in total. The third-order valence-electron chi connectivity index (χ3n) is 6.20. The molecule has 1 aromatic carbocycles. The third kappa shape index (κ3) is 4.21. The highest BCUT2D eigenvalue weighted by molar-refractivity contribution is 8.26. The number of aromatic nitrogens is 1. The third-order valence-corrected chi connectivity index (χ3v) is 7.58. The van der Waals surface area contributed by atoms with Gasteiger partial charge in [-0.25, -0.2) is 4.39 Å². The van der Waals surface area contributed by atoms with Gasteiger partial charge in [0.25, 0.3) is 11.5 Å². The molecule has 176 valence electrons. The Balaban J connectivity index is 1.73. The number of benzene rings is 1. The Labute approximate surface area is 207 Å². The van der Waals surface area contributed by atoms with Crippen molar-refractivity contribution >= 4 is 51.8 Å². The maximum absolute atomic E-state index is 13.3. The summed E-state index contributed by atoms with van der Waals surface area (Å²) in [6.45, 7) is 6.68. The van der Waals surface area contributed by atoms with Crippen molar-refractivity contribution in [1.29, 1.82) is 5.26 Å². The second-order valence-electron chi connectivity index (χ2n) is 8.09. The molecular formula is C24H24FN5O2S2. The van der Waals surface area contributed by atoms with Crippen molar-refractivity contribution in [2.24, 2.45) is 7.05 Å². The topological polar surface area (TPSA) is 72.6 Å². The molecule has 0 aliphatic carbocycles. The SMILES string of the molecule is CCN1C(=O)/C(=C\c2c(C)c(C#N)c(=O)n(C)c2N2CCN(c3ccc(F)cc3)CC2)SC1=S. The number of hydrogen-bond donors (Lipinski definition) is 0. The van der Waals surface area contributed by atoms with E-state index in [1.807, 2.05) is 13.0 Å². The molecule has 0 bridgehead atoms. The maximum atomic E-state index is 13.3. The highest BCUT2D eigenvalue weighted by Crippen LogP contribution is 2.35. The number of pyridine rings is 1. The second kappa shape index (κ2) is 9.60. The first kappa shape index (κ1) is 24.0. The summed E-state index contributed by atoms with van der Waals surface area (Å²) in [5, 5.41) is 9.63. The minimum Gasteiger partial charge on any atom is -0.368 e. The minimum atomic E-state index is -0.366. The molecule has 3 heterocycles. The van der Waals surface area contributed by atoms with Crippen molar-refractivity contribution in [2.75, 3.05) is 42.5 Å². The first-order chi connectivity index (χ1) is 16.3. The van der Waals surface area contributed by atoms with E-state index in [-0.39, 0.29) is 22.8 Å². The summed E-state index contributed by atoms with van der Waals surface area (Å²) in [4.78, 5) is 32.1. The fourth-order valence-electron chi connectivity index (χ4n) is 4.33. The first-order valence-corrected chi connectivity index (χ1v) is 12.1. The Hall–Kier alpha value is -3.16. The molecule has 7 nitrogen and oxygen atoms in total. The molecule has 1 amide bonds. The molecule has 34 heavy (non-hydrogen) atoms. The highest BCUT2D eigenvalue weighted by Gasteiger charge is 2.32. The summed E-state index contributed by atoms with van der Waals surface area (Å²) in [7, 11) is 1.65. The second-order valence-corrected chi connectivity index (χ2v) is 9.77. The van der Waals surface area contributed by atoms with E-state index in [1.54, 1.807) is 32.2 Å². The summed E-state index contributed by atoms with van der Waals surface area (Å²) in [6.07, 6.45) is 1.76. The number of thiocarbonyl (C=S) groups is 1. The number of thioether (sulfide) groups is 1. The zero-order valence-corrected chi connectivity index (χ0v) is 20.8. The number of carbonyl (C=O) groups is 1. The normalized spacial score (nSPS) is 17.6. The van der Waals surface area contributed by atoms with Gasteiger partial charge in [-0.1, -0.05) is 24.0 Å². The fraction of sp³-hybridized carbons (Fsp3) is 0.333. The van der Waals surface area contributed by atoms with Crippen LogP contribution in [0.5, 0.6) is 0 Å². The molecule has 0 saturated carbocycles. The van der Waals surface area contributed by atoms with Crippen molar-refractivity contribution in [3.05, 3.63) is 62.0 Å². The Kier molecular flexibility index (Phi) is 6.77. The molecule has 10 heteroatoms. The lowest BCUT2D eigenvalue weighted by atomic mass is 10.0. The van der Waals surface area contributed by atoms with Crippen LogP contribution in [0.25, 0.3) is 6.08 Å². The van der Waals surface area contributed by atoms with Crippen molar-refractivity contribution in [2.45, 2.75) is 13.8 Å². The average molecular weight is 498 g/mol. The number of nitriles is 1. The van der Waals surface area contributed by atoms with Crippen LogP contribution in [0.4, 0.5) is 15.9 Å². The summed E-state index contributed by atoms with van der Waals surface area (Å²) < 4.78 is 15.3. The van der Waals surface area contributed by atoms with E-state index in [0.717, 1.165) is 5.69 Å². The van der Waals surface area contributed by atoms with Crippen LogP contribution < -0.4 is 15.4 Å². The molecule has 2 aliphatic rings. The molecule has 0 atom stereocenters. The van der Waals surface area contributed by atoms with Gasteiger partial charge in [-0.05, 0) is 49.8 Å². The molecule has 0 spiro atoms. The molecular weight excluding hydrogens is 473 g/mol. The Morgan fingerprint density at radius 1 is 1.15 bits per heavy atom. The first-order valence-electron chi connectivity index (χ1n) is 10.9. The molecule has 0 radical (unpaired) electrons. The van der Waals surface area contributed by atoms with Crippen LogP contribution in [0.3, 0.4) is 0 Å². The molecule has 2 fully saturated rings. The van der Waals surface area contributed by atoms with Gasteiger partial charge in [-0.2, -0.15) is 5.26 Å². The van der Waals surface area contributed by atoms with E-state index in [4.69, 9.17) is 12.2 Å². The number of piperazine rings is 1. The van der Waals surface area contributed by atoms with Gasteiger partial charge in [0, 0.05) is 51.0 Å². The van der Waals surface area contributed by atoms with Crippen LogP contribution in [0, 0.1) is 24.1 Å². The van der Waals surface area contributed by atoms with Crippen LogP contribution in [0.15, 0.2) is 34.0 Å². The number of nitrogens with zero attached hydrogens (tertiary/aromatic N) is 5. The summed E-state index contributed by atoms with van der Waals surface area (Å²) in [5.41, 5.74) is 1.85. The zero-order chi connectivity index (χ0) is 24.6. The molecule has 2 saturated heterocycles. The molecule has 1 aromatic heterocycles. The van der Waals surface area contributed by atoms with Gasteiger partial charge in [-0.3, -0.25) is 19.1 Å². The van der Waals surface area contributed by atoms with E-state index in [2.05, 4.69) is 9.80 Å². The van der Waals surface area contributed by atoms with Gasteiger partial charge in [0.05, 0.1) is 4.91 Å². The number of carbonyl (C=O) groups excluding carboxylic acids is 1. The van der Waals surface area contributed by atoms with Crippen LogP contribution >= 0.6 is 24.0 Å². The van der Waals surface area contributed by atoms with E-state index in [1.165, 1.54) is 33.4 Å². The highest BCUT2D eigenvalue weighted by atomic mass is 32.2. The van der Waals surface area contributed by atoms with Crippen LogP contribution in [0.1, 0.15) is 23.6 Å². The number of amides is 1. The van der Waals surface area contributed by atoms with Crippen molar-refractivity contribution in [3.8, 4) is 6.07 Å². The van der Waals surface area contributed by atoms with Crippen molar-refractivity contribution < 1.29 is 9.18 Å². The number of hydrogen-bond acceptors (Lipinski definition) is 7. The van der Waals surface area contributed by atoms with E-state index in [0.29, 0.717) is 58.9 Å². The maximum Gasteiger partial charge on any atom is 0.270 e. The molecule has 4 rings (SSSR count). The summed E-state index contributed by atoms with van der Waals surface area (Å²) >= 11 is 6.57. The van der Waals surface area contributed by atoms with Gasteiger partial charge < -0.3 is 9.80 Å². The lowest BCUT2D eigenvalue weighted by Crippen LogP contribution is -2.48. The average Bonchev–Trinajstić information content (AvgIpc) is 3.10. The molecule has 2 aliphatic heterocycles. The lowest BCUT2D eigenvalue weighted by molar-refractivity contribution is -0.121. The number of halogens is 1. The van der Waals surface area contributed by atoms with E-state index >= 15 is 0 Å². The number of rotatable bonds is 4. The van der Waals surface area contributed by atoms with Crippen molar-refractivity contribution in [3.63, 3.8) is 0 Å².